The van der Waals surface area contributed by atoms with Crippen LogP contribution in [-0.4, -0.2) is 29.4 Å². The van der Waals surface area contributed by atoms with Crippen molar-refractivity contribution in [3.8, 4) is 6.07 Å². The van der Waals surface area contributed by atoms with E-state index in [1.807, 2.05) is 0 Å². The molecule has 0 spiro atoms. The second kappa shape index (κ2) is 15.1. The maximum Gasteiger partial charge on any atom is 0.0587 e. The summed E-state index contributed by atoms with van der Waals surface area (Å²) in [7, 11) is 0. The van der Waals surface area contributed by atoms with E-state index >= 15 is 0 Å². The Morgan fingerprint density at radius 2 is 1.62 bits per heavy atom. The number of hydrogen-bond acceptors (Lipinski definition) is 2. The summed E-state index contributed by atoms with van der Waals surface area (Å²) in [6.45, 7) is 8.44. The fourth-order valence-electron chi connectivity index (χ4n) is 4.85. The molecule has 0 heterocycles. The van der Waals surface area contributed by atoms with Crippen molar-refractivity contribution in [2.45, 2.75) is 89.5 Å². The molecule has 0 N–H and O–H groups in total. The first-order valence-corrected chi connectivity index (χ1v) is 12.9. The van der Waals surface area contributed by atoms with Crippen molar-refractivity contribution in [2.24, 2.45) is 0 Å². The summed E-state index contributed by atoms with van der Waals surface area (Å²) in [5.41, 5.74) is 4.41. The van der Waals surface area contributed by atoms with E-state index in [2.05, 4.69) is 73.3 Å². The third-order valence-electron chi connectivity index (χ3n) is 6.61. The molecule has 1 aliphatic carbocycles. The van der Waals surface area contributed by atoms with Gasteiger partial charge in [-0.1, -0.05) is 68.4 Å². The number of hydrogen-bond donors (Lipinski definition) is 0. The van der Waals surface area contributed by atoms with Gasteiger partial charge in [0.2, 0.25) is 0 Å². The van der Waals surface area contributed by atoms with Crippen LogP contribution in [0.4, 0.5) is 0 Å². The molecule has 1 saturated carbocycles. The fourth-order valence-corrected chi connectivity index (χ4v) is 5.19. The number of alkyl halides is 1. The quantitative estimate of drug-likeness (QED) is 0.325. The molecule has 0 aromatic heterocycles. The van der Waals surface area contributed by atoms with Crippen LogP contribution in [0.5, 0.6) is 0 Å². The summed E-state index contributed by atoms with van der Waals surface area (Å²) in [4.78, 5) is 2.72. The van der Waals surface area contributed by atoms with Gasteiger partial charge in [-0.05, 0) is 80.5 Å². The van der Waals surface area contributed by atoms with Gasteiger partial charge in [0.1, 0.15) is 0 Å². The van der Waals surface area contributed by atoms with Crippen molar-refractivity contribution in [3.05, 3.63) is 71.3 Å². The predicted octanol–water partition coefficient (Wildman–Crippen LogP) is 7.76. The molecule has 0 radical (unpaired) electrons. The highest BCUT2D eigenvalue weighted by atomic mass is 35.5. The topological polar surface area (TPSA) is 27.0 Å². The molecule has 3 unspecified atom stereocenters. The SMILES string of the molecule is CC#N.CCCN(CCc1ccccc1)C(CC)CCc1ccc(C2CCC(Cl)C2)cc1. The molecule has 1 aliphatic rings. The first kappa shape index (κ1) is 26.4. The predicted molar refractivity (Wildman–Crippen MR) is 138 cm³/mol. The molecule has 2 aromatic rings. The number of benzene rings is 2. The zero-order chi connectivity index (χ0) is 23.2. The highest BCUT2D eigenvalue weighted by Crippen LogP contribution is 2.37. The minimum absolute atomic E-state index is 0.380. The van der Waals surface area contributed by atoms with Crippen LogP contribution in [0.15, 0.2) is 54.6 Å². The van der Waals surface area contributed by atoms with Crippen molar-refractivity contribution in [1.82, 2.24) is 4.90 Å². The first-order chi connectivity index (χ1) is 15.6. The van der Waals surface area contributed by atoms with Gasteiger partial charge in [-0.25, -0.2) is 0 Å². The molecule has 2 nitrogen and oxygen atoms in total. The molecule has 0 saturated heterocycles. The maximum atomic E-state index is 7.32. The Kier molecular flexibility index (Phi) is 12.5. The molecule has 32 heavy (non-hydrogen) atoms. The summed E-state index contributed by atoms with van der Waals surface area (Å²) in [5.74, 6) is 0.674. The van der Waals surface area contributed by atoms with E-state index in [1.54, 1.807) is 6.07 Å². The summed E-state index contributed by atoms with van der Waals surface area (Å²) >= 11 is 6.30. The number of nitrogens with zero attached hydrogens (tertiary/aromatic N) is 2. The Morgan fingerprint density at radius 1 is 0.969 bits per heavy atom. The molecule has 3 rings (SSSR count). The van der Waals surface area contributed by atoms with Crippen molar-refractivity contribution < 1.29 is 0 Å². The van der Waals surface area contributed by atoms with E-state index in [9.17, 15) is 0 Å². The fraction of sp³-hybridized carbons (Fsp3) is 0.552. The molecule has 2 aromatic carbocycles. The number of halogens is 1. The molecule has 0 amide bonds. The average Bonchev–Trinajstić information content (AvgIpc) is 3.25. The summed E-state index contributed by atoms with van der Waals surface area (Å²) in [6.07, 6.45) is 9.59. The van der Waals surface area contributed by atoms with Crippen LogP contribution in [0.3, 0.4) is 0 Å². The van der Waals surface area contributed by atoms with Gasteiger partial charge in [0.05, 0.1) is 6.07 Å². The van der Waals surface area contributed by atoms with E-state index in [4.69, 9.17) is 16.9 Å². The van der Waals surface area contributed by atoms with Gasteiger partial charge in [0, 0.05) is 24.9 Å². The largest absolute Gasteiger partial charge is 0.300 e. The summed E-state index contributed by atoms with van der Waals surface area (Å²) < 4.78 is 0. The van der Waals surface area contributed by atoms with Gasteiger partial charge in [0.25, 0.3) is 0 Å². The minimum atomic E-state index is 0.380. The van der Waals surface area contributed by atoms with Crippen LogP contribution in [0.25, 0.3) is 0 Å². The van der Waals surface area contributed by atoms with Gasteiger partial charge in [0.15, 0.2) is 0 Å². The lowest BCUT2D eigenvalue weighted by Crippen LogP contribution is -2.37. The highest BCUT2D eigenvalue weighted by Gasteiger charge is 2.24. The van der Waals surface area contributed by atoms with Gasteiger partial charge in [-0.15, -0.1) is 11.6 Å². The normalized spacial score (nSPS) is 18.6. The van der Waals surface area contributed by atoms with E-state index in [0.717, 1.165) is 19.4 Å². The third-order valence-corrected chi connectivity index (χ3v) is 7.01. The maximum absolute atomic E-state index is 7.32. The van der Waals surface area contributed by atoms with Crippen molar-refractivity contribution in [1.29, 1.82) is 5.26 Å². The smallest absolute Gasteiger partial charge is 0.0587 e. The second-order valence-electron chi connectivity index (χ2n) is 8.94. The molecule has 174 valence electrons. The summed E-state index contributed by atoms with van der Waals surface area (Å²) in [6, 6.07) is 22.8. The molecule has 1 fully saturated rings. The number of aryl methyl sites for hydroxylation is 1. The second-order valence-corrected chi connectivity index (χ2v) is 9.56. The zero-order valence-electron chi connectivity index (χ0n) is 20.3. The highest BCUT2D eigenvalue weighted by molar-refractivity contribution is 6.20. The van der Waals surface area contributed by atoms with Crippen LogP contribution < -0.4 is 0 Å². The lowest BCUT2D eigenvalue weighted by atomic mass is 9.95. The molecule has 0 aliphatic heterocycles. The molecule has 3 heteroatoms. The minimum Gasteiger partial charge on any atom is -0.300 e. The van der Waals surface area contributed by atoms with Gasteiger partial charge in [-0.2, -0.15) is 5.26 Å². The lowest BCUT2D eigenvalue weighted by Gasteiger charge is -2.31. The Balaban J connectivity index is 0.00000114. The summed E-state index contributed by atoms with van der Waals surface area (Å²) in [5, 5.41) is 7.70. The monoisotopic (exact) mass is 452 g/mol. The van der Waals surface area contributed by atoms with E-state index in [1.165, 1.54) is 68.7 Å². The zero-order valence-corrected chi connectivity index (χ0v) is 21.0. The van der Waals surface area contributed by atoms with Crippen LogP contribution in [0.2, 0.25) is 0 Å². The lowest BCUT2D eigenvalue weighted by molar-refractivity contribution is 0.183. The Labute approximate surface area is 201 Å². The van der Waals surface area contributed by atoms with Gasteiger partial charge >= 0.3 is 0 Å². The van der Waals surface area contributed by atoms with Gasteiger partial charge < -0.3 is 4.90 Å². The van der Waals surface area contributed by atoms with E-state index in [-0.39, 0.29) is 0 Å². The molecular weight excluding hydrogens is 412 g/mol. The Hall–Kier alpha value is -1.82. The third kappa shape index (κ3) is 8.97. The van der Waals surface area contributed by atoms with Crippen LogP contribution in [-0.2, 0) is 12.8 Å². The number of rotatable bonds is 11. The van der Waals surface area contributed by atoms with Crippen LogP contribution in [0, 0.1) is 11.3 Å². The molecule has 0 bridgehead atoms. The van der Waals surface area contributed by atoms with Crippen molar-refractivity contribution >= 4 is 11.6 Å². The van der Waals surface area contributed by atoms with Crippen molar-refractivity contribution in [3.63, 3.8) is 0 Å². The number of nitriles is 1. The van der Waals surface area contributed by atoms with Crippen LogP contribution >= 0.6 is 11.6 Å². The van der Waals surface area contributed by atoms with E-state index in [0.29, 0.717) is 17.3 Å². The Morgan fingerprint density at radius 3 is 2.19 bits per heavy atom. The van der Waals surface area contributed by atoms with Crippen LogP contribution in [0.1, 0.15) is 81.9 Å². The van der Waals surface area contributed by atoms with E-state index < -0.39 is 0 Å². The standard InChI is InChI=1S/C27H38ClN.C2H3N/c1-3-19-29(20-18-22-8-6-5-7-9-22)27(4-2)17-12-23-10-13-24(14-11-23)25-15-16-26(28)21-25;1-2-3/h5-11,13-14,25-27H,3-4,12,15-21H2,1-2H3;1H3. The molecule has 3 atom stereocenters. The average molecular weight is 453 g/mol. The van der Waals surface area contributed by atoms with Gasteiger partial charge in [-0.3, -0.25) is 0 Å². The van der Waals surface area contributed by atoms with Crippen molar-refractivity contribution in [2.75, 3.05) is 13.1 Å². The molecular formula is C29H41ClN2. The Bertz CT molecular complexity index is 781. The first-order valence-electron chi connectivity index (χ1n) is 12.4.